The largest absolute Gasteiger partial charge is 0.482 e. The zero-order valence-electron chi connectivity index (χ0n) is 16.3. The zero-order valence-corrected chi connectivity index (χ0v) is 16.3. The second-order valence-electron chi connectivity index (χ2n) is 8.12. The highest BCUT2D eigenvalue weighted by Gasteiger charge is 2.21. The summed E-state index contributed by atoms with van der Waals surface area (Å²) in [5.74, 6) is 0.392. The smallest absolute Gasteiger partial charge is 0.344 e. The van der Waals surface area contributed by atoms with Crippen LogP contribution in [0, 0.1) is 0 Å². The van der Waals surface area contributed by atoms with Crippen LogP contribution in [0.5, 0.6) is 5.75 Å². The van der Waals surface area contributed by atoms with E-state index < -0.39 is 0 Å². The van der Waals surface area contributed by atoms with Crippen molar-refractivity contribution in [1.29, 1.82) is 0 Å². The molecule has 1 N–H and O–H groups in total. The molecule has 1 saturated heterocycles. The monoisotopic (exact) mass is 349 g/mol. The summed E-state index contributed by atoms with van der Waals surface area (Å²) < 4.78 is 11.0. The number of carbonyl (C=O) groups is 1. The number of carbonyl (C=O) groups excluding carboxylic acids is 1. The molecule has 1 unspecified atom stereocenters. The van der Waals surface area contributed by atoms with E-state index in [1.165, 1.54) is 10.5 Å². The van der Waals surface area contributed by atoms with Crippen molar-refractivity contribution in [3.63, 3.8) is 0 Å². The molecule has 140 valence electrons. The van der Waals surface area contributed by atoms with E-state index in [4.69, 9.17) is 9.47 Å². The summed E-state index contributed by atoms with van der Waals surface area (Å²) in [5, 5.41) is 0. The lowest BCUT2D eigenvalue weighted by Crippen LogP contribution is -3.15. The van der Waals surface area contributed by atoms with E-state index in [2.05, 4.69) is 32.7 Å². The van der Waals surface area contributed by atoms with Crippen LogP contribution in [-0.2, 0) is 14.9 Å². The van der Waals surface area contributed by atoms with Crippen LogP contribution < -0.4 is 9.64 Å². The maximum Gasteiger partial charge on any atom is 0.344 e. The molecule has 0 amide bonds. The lowest BCUT2D eigenvalue weighted by Gasteiger charge is -2.30. The van der Waals surface area contributed by atoms with Crippen molar-refractivity contribution in [2.75, 3.05) is 46.4 Å². The zero-order chi connectivity index (χ0) is 18.4. The highest BCUT2D eigenvalue weighted by atomic mass is 16.6. The Balaban J connectivity index is 1.71. The van der Waals surface area contributed by atoms with Gasteiger partial charge in [-0.3, -0.25) is 4.90 Å². The molecule has 0 saturated carbocycles. The normalized spacial score (nSPS) is 18.0. The molecule has 5 nitrogen and oxygen atoms in total. The molecule has 1 aromatic carbocycles. The van der Waals surface area contributed by atoms with Gasteiger partial charge < -0.3 is 14.4 Å². The third kappa shape index (κ3) is 6.67. The molecule has 25 heavy (non-hydrogen) atoms. The molecule has 0 aliphatic carbocycles. The van der Waals surface area contributed by atoms with Crippen LogP contribution in [0.15, 0.2) is 24.3 Å². The molecule has 1 atom stereocenters. The van der Waals surface area contributed by atoms with Gasteiger partial charge in [0.2, 0.25) is 0 Å². The first-order valence-corrected chi connectivity index (χ1v) is 9.19. The van der Waals surface area contributed by atoms with E-state index in [9.17, 15) is 4.79 Å². The minimum atomic E-state index is -0.305. The lowest BCUT2D eigenvalue weighted by atomic mass is 9.87. The van der Waals surface area contributed by atoms with Gasteiger partial charge in [-0.15, -0.1) is 0 Å². The minimum Gasteiger partial charge on any atom is -0.482 e. The van der Waals surface area contributed by atoms with Crippen molar-refractivity contribution >= 4 is 5.97 Å². The van der Waals surface area contributed by atoms with Gasteiger partial charge in [-0.25, -0.2) is 4.79 Å². The van der Waals surface area contributed by atoms with Gasteiger partial charge in [0, 0.05) is 13.1 Å². The number of hydrogen-bond acceptors (Lipinski definition) is 4. The van der Waals surface area contributed by atoms with Crippen LogP contribution in [0.2, 0.25) is 0 Å². The third-order valence-corrected chi connectivity index (χ3v) is 4.68. The summed E-state index contributed by atoms with van der Waals surface area (Å²) in [5.41, 5.74) is 1.35. The van der Waals surface area contributed by atoms with Crippen molar-refractivity contribution in [3.8, 4) is 5.75 Å². The van der Waals surface area contributed by atoms with Gasteiger partial charge in [-0.05, 0) is 37.1 Å². The summed E-state index contributed by atoms with van der Waals surface area (Å²) in [6.45, 7) is 13.7. The van der Waals surface area contributed by atoms with Crippen molar-refractivity contribution in [2.45, 2.75) is 39.2 Å². The van der Waals surface area contributed by atoms with Gasteiger partial charge in [-0.2, -0.15) is 0 Å². The van der Waals surface area contributed by atoms with Gasteiger partial charge in [0.25, 0.3) is 0 Å². The molecule has 1 aliphatic heterocycles. The topological polar surface area (TPSA) is 43.2 Å². The number of piperazine rings is 1. The molecule has 1 aliphatic rings. The molecule has 0 bridgehead atoms. The summed E-state index contributed by atoms with van der Waals surface area (Å²) in [4.78, 5) is 15.8. The Morgan fingerprint density at radius 3 is 2.36 bits per heavy atom. The number of benzene rings is 1. The fourth-order valence-electron chi connectivity index (χ4n) is 3.04. The van der Waals surface area contributed by atoms with Crippen molar-refractivity contribution < 1.29 is 19.2 Å². The molecule has 1 fully saturated rings. The molecule has 5 heteroatoms. The van der Waals surface area contributed by atoms with E-state index in [1.807, 2.05) is 31.2 Å². The molecule has 1 aromatic rings. The van der Waals surface area contributed by atoms with Crippen LogP contribution in [0.4, 0.5) is 0 Å². The maximum atomic E-state index is 12.0. The van der Waals surface area contributed by atoms with Crippen LogP contribution in [0.1, 0.15) is 33.3 Å². The average molecular weight is 349 g/mol. The Hall–Kier alpha value is -1.59. The van der Waals surface area contributed by atoms with Gasteiger partial charge in [0.05, 0.1) is 13.1 Å². The Labute approximate surface area is 151 Å². The van der Waals surface area contributed by atoms with Crippen LogP contribution >= 0.6 is 0 Å². The van der Waals surface area contributed by atoms with Gasteiger partial charge >= 0.3 is 5.97 Å². The Morgan fingerprint density at radius 1 is 1.20 bits per heavy atom. The number of hydrogen-bond donors (Lipinski definition) is 1. The van der Waals surface area contributed by atoms with Crippen molar-refractivity contribution in [2.24, 2.45) is 0 Å². The third-order valence-electron chi connectivity index (χ3n) is 4.68. The predicted octanol–water partition coefficient (Wildman–Crippen LogP) is 1.12. The molecule has 2 rings (SSSR count). The summed E-state index contributed by atoms with van der Waals surface area (Å²) in [7, 11) is 2.14. The number of likely N-dealkylation sites (N-methyl/N-ethyl adjacent to an activating group) is 1. The summed E-state index contributed by atoms with van der Waals surface area (Å²) in [6, 6.07) is 7.90. The lowest BCUT2D eigenvalue weighted by molar-refractivity contribution is -0.907. The van der Waals surface area contributed by atoms with E-state index >= 15 is 0 Å². The molecule has 0 radical (unpaired) electrons. The number of rotatable bonds is 6. The number of nitrogens with zero attached hydrogens (tertiary/aromatic N) is 1. The highest BCUT2D eigenvalue weighted by molar-refractivity contribution is 5.71. The first-order valence-electron chi connectivity index (χ1n) is 9.19. The second-order valence-corrected chi connectivity index (χ2v) is 8.12. The molecule has 1 heterocycles. The van der Waals surface area contributed by atoms with Crippen molar-refractivity contribution in [1.82, 2.24) is 4.90 Å². The fourth-order valence-corrected chi connectivity index (χ4v) is 3.04. The first-order chi connectivity index (χ1) is 11.7. The second kappa shape index (κ2) is 8.68. The number of ether oxygens (including phenoxy) is 2. The first kappa shape index (κ1) is 19.7. The average Bonchev–Trinajstić information content (AvgIpc) is 2.54. The van der Waals surface area contributed by atoms with E-state index in [0.29, 0.717) is 5.75 Å². The van der Waals surface area contributed by atoms with Gasteiger partial charge in [0.1, 0.15) is 18.4 Å². The minimum absolute atomic E-state index is 0.0444. The van der Waals surface area contributed by atoms with Crippen LogP contribution in [0.3, 0.4) is 0 Å². The van der Waals surface area contributed by atoms with Gasteiger partial charge in [-0.1, -0.05) is 32.9 Å². The number of esters is 1. The standard InChI is InChI=1S/C20H32N2O3/c1-16(14-22-12-10-21(5)11-13-22)25-19(23)15-24-18-8-6-17(7-9-18)20(2,3)4/h6-9,16H,10-15H2,1-5H3/p+1. The highest BCUT2D eigenvalue weighted by Crippen LogP contribution is 2.24. The Bertz CT molecular complexity index is 543. The summed E-state index contributed by atoms with van der Waals surface area (Å²) >= 11 is 0. The number of quaternary nitrogens is 1. The van der Waals surface area contributed by atoms with Crippen LogP contribution in [-0.4, -0.2) is 63.4 Å². The van der Waals surface area contributed by atoms with Crippen LogP contribution in [0.25, 0.3) is 0 Å². The molecule has 0 aromatic heterocycles. The molecular weight excluding hydrogens is 316 g/mol. The Morgan fingerprint density at radius 2 is 1.80 bits per heavy atom. The SMILES string of the molecule is CC(C[NH+]1CCN(C)CC1)OC(=O)COc1ccc(C(C)(C)C)cc1. The van der Waals surface area contributed by atoms with E-state index in [1.54, 1.807) is 0 Å². The maximum absolute atomic E-state index is 12.0. The quantitative estimate of drug-likeness (QED) is 0.782. The summed E-state index contributed by atoms with van der Waals surface area (Å²) in [6.07, 6.45) is -0.0854. The van der Waals surface area contributed by atoms with E-state index in [-0.39, 0.29) is 24.1 Å². The number of nitrogens with one attached hydrogen (secondary N) is 1. The fraction of sp³-hybridized carbons (Fsp3) is 0.650. The molecule has 0 spiro atoms. The predicted molar refractivity (Wildman–Crippen MR) is 99.3 cm³/mol. The molecular formula is C20H33N2O3+. The Kier molecular flexibility index (Phi) is 6.85. The van der Waals surface area contributed by atoms with Gasteiger partial charge in [0.15, 0.2) is 6.61 Å². The van der Waals surface area contributed by atoms with E-state index in [0.717, 1.165) is 32.7 Å². The van der Waals surface area contributed by atoms with Crippen molar-refractivity contribution in [3.05, 3.63) is 29.8 Å².